The number of fused-ring (bicyclic) bond motifs is 1. The number of hydrogen-bond donors (Lipinski definition) is 2. The summed E-state index contributed by atoms with van der Waals surface area (Å²) in [6, 6.07) is 12.8. The second kappa shape index (κ2) is 7.71. The molecule has 3 aromatic rings. The molecule has 8 heteroatoms. The first-order valence-corrected chi connectivity index (χ1v) is 9.12. The maximum Gasteiger partial charge on any atom is 0.319 e. The van der Waals surface area contributed by atoms with Crippen molar-refractivity contribution in [1.29, 1.82) is 0 Å². The predicted molar refractivity (Wildman–Crippen MR) is 103 cm³/mol. The van der Waals surface area contributed by atoms with E-state index in [1.807, 2.05) is 30.3 Å². The van der Waals surface area contributed by atoms with E-state index >= 15 is 0 Å². The Morgan fingerprint density at radius 3 is 2.63 bits per heavy atom. The van der Waals surface area contributed by atoms with E-state index in [1.165, 1.54) is 0 Å². The van der Waals surface area contributed by atoms with E-state index < -0.39 is 0 Å². The molecule has 7 nitrogen and oxygen atoms in total. The van der Waals surface area contributed by atoms with Gasteiger partial charge < -0.3 is 24.5 Å². The number of nitrogens with one attached hydrogen (secondary N) is 2. The molecule has 4 rings (SSSR count). The first-order valence-electron chi connectivity index (χ1n) is 8.33. The Labute approximate surface area is 163 Å². The van der Waals surface area contributed by atoms with Crippen molar-refractivity contribution in [1.82, 2.24) is 10.3 Å². The summed E-state index contributed by atoms with van der Waals surface area (Å²) in [5.41, 5.74) is 1.51. The van der Waals surface area contributed by atoms with Crippen LogP contribution in [0.5, 0.6) is 11.5 Å². The lowest BCUT2D eigenvalue weighted by Crippen LogP contribution is -2.28. The van der Waals surface area contributed by atoms with Crippen LogP contribution in [0.4, 0.5) is 10.5 Å². The number of carbonyl (C=O) groups excluding carboxylic acids is 1. The Kier molecular flexibility index (Phi) is 4.97. The second-order valence-electron chi connectivity index (χ2n) is 5.77. The van der Waals surface area contributed by atoms with E-state index in [0.717, 1.165) is 5.56 Å². The Bertz CT molecular complexity index is 959. The van der Waals surface area contributed by atoms with Crippen molar-refractivity contribution in [3.8, 4) is 22.8 Å². The minimum atomic E-state index is -0.383. The molecule has 1 aliphatic heterocycles. The van der Waals surface area contributed by atoms with Crippen LogP contribution in [0.1, 0.15) is 5.89 Å². The Morgan fingerprint density at radius 1 is 1.11 bits per heavy atom. The zero-order chi connectivity index (χ0) is 18.6. The number of benzene rings is 2. The third-order valence-electron chi connectivity index (χ3n) is 3.89. The number of nitrogens with zero attached hydrogens (tertiary/aromatic N) is 1. The van der Waals surface area contributed by atoms with Gasteiger partial charge in [0.05, 0.1) is 18.4 Å². The maximum atomic E-state index is 12.2. The summed E-state index contributed by atoms with van der Waals surface area (Å²) in [5, 5.41) is 5.49. The van der Waals surface area contributed by atoms with Crippen LogP contribution in [-0.2, 0) is 6.54 Å². The average molecular weight is 430 g/mol. The monoisotopic (exact) mass is 429 g/mol. The maximum absolute atomic E-state index is 12.2. The molecular weight excluding hydrogens is 414 g/mol. The first kappa shape index (κ1) is 17.4. The van der Waals surface area contributed by atoms with Gasteiger partial charge in [-0.25, -0.2) is 9.78 Å². The molecule has 27 heavy (non-hydrogen) atoms. The lowest BCUT2D eigenvalue weighted by molar-refractivity contribution is 0.171. The fourth-order valence-corrected chi connectivity index (χ4v) is 3.03. The number of urea groups is 1. The van der Waals surface area contributed by atoms with Crippen molar-refractivity contribution < 1.29 is 18.7 Å². The van der Waals surface area contributed by atoms with Gasteiger partial charge in [0.25, 0.3) is 0 Å². The standard InChI is InChI=1S/C19H16BrN3O4/c20-13-8-15-16(26-7-6-25-15)9-14(13)23-19(24)22-11-18-21-10-17(27-18)12-4-2-1-3-5-12/h1-5,8-10H,6-7,11H2,(H2,22,23,24). The van der Waals surface area contributed by atoms with Crippen LogP contribution < -0.4 is 20.1 Å². The van der Waals surface area contributed by atoms with E-state index in [-0.39, 0.29) is 12.6 Å². The van der Waals surface area contributed by atoms with Crippen LogP contribution in [0.2, 0.25) is 0 Å². The number of amides is 2. The lowest BCUT2D eigenvalue weighted by Gasteiger charge is -2.20. The second-order valence-corrected chi connectivity index (χ2v) is 6.62. The minimum Gasteiger partial charge on any atom is -0.486 e. The fraction of sp³-hybridized carbons (Fsp3) is 0.158. The number of ether oxygens (including phenoxy) is 2. The van der Waals surface area contributed by atoms with Crippen LogP contribution in [0, 0.1) is 0 Å². The number of oxazole rings is 1. The molecular formula is C19H16BrN3O4. The topological polar surface area (TPSA) is 85.6 Å². The summed E-state index contributed by atoms with van der Waals surface area (Å²) in [7, 11) is 0. The highest BCUT2D eigenvalue weighted by molar-refractivity contribution is 9.10. The van der Waals surface area contributed by atoms with Crippen molar-refractivity contribution in [2.45, 2.75) is 6.54 Å². The summed E-state index contributed by atoms with van der Waals surface area (Å²) in [6.45, 7) is 1.16. The zero-order valence-corrected chi connectivity index (χ0v) is 15.8. The number of aromatic nitrogens is 1. The van der Waals surface area contributed by atoms with Crippen LogP contribution in [0.3, 0.4) is 0 Å². The summed E-state index contributed by atoms with van der Waals surface area (Å²) >= 11 is 3.42. The highest BCUT2D eigenvalue weighted by Crippen LogP contribution is 2.38. The molecule has 0 saturated carbocycles. The number of rotatable bonds is 4. The molecule has 1 aliphatic rings. The molecule has 0 bridgehead atoms. The van der Waals surface area contributed by atoms with Gasteiger partial charge in [0.1, 0.15) is 13.2 Å². The highest BCUT2D eigenvalue weighted by Gasteiger charge is 2.16. The van der Waals surface area contributed by atoms with E-state index in [1.54, 1.807) is 18.3 Å². The van der Waals surface area contributed by atoms with Crippen LogP contribution in [0.15, 0.2) is 57.6 Å². The molecule has 138 valence electrons. The minimum absolute atomic E-state index is 0.167. The fourth-order valence-electron chi connectivity index (χ4n) is 2.61. The van der Waals surface area contributed by atoms with E-state index in [4.69, 9.17) is 13.9 Å². The van der Waals surface area contributed by atoms with Gasteiger partial charge in [0, 0.05) is 22.2 Å². The normalized spacial score (nSPS) is 12.5. The third kappa shape index (κ3) is 4.06. The average Bonchev–Trinajstić information content (AvgIpc) is 3.17. The summed E-state index contributed by atoms with van der Waals surface area (Å²) in [6.07, 6.45) is 1.64. The SMILES string of the molecule is O=C(NCc1ncc(-c2ccccc2)o1)Nc1cc2c(cc1Br)OCCO2. The Morgan fingerprint density at radius 2 is 1.85 bits per heavy atom. The van der Waals surface area contributed by atoms with Crippen LogP contribution in [-0.4, -0.2) is 24.2 Å². The first-order chi connectivity index (χ1) is 13.2. The van der Waals surface area contributed by atoms with Gasteiger partial charge in [-0.2, -0.15) is 0 Å². The number of hydrogen-bond acceptors (Lipinski definition) is 5. The van der Waals surface area contributed by atoms with Gasteiger partial charge >= 0.3 is 6.03 Å². The van der Waals surface area contributed by atoms with Crippen molar-refractivity contribution in [3.63, 3.8) is 0 Å². The number of carbonyl (C=O) groups is 1. The Hall–Kier alpha value is -3.00. The molecule has 2 heterocycles. The quantitative estimate of drug-likeness (QED) is 0.648. The molecule has 0 atom stereocenters. The largest absolute Gasteiger partial charge is 0.486 e. The molecule has 0 spiro atoms. The van der Waals surface area contributed by atoms with Crippen LogP contribution in [0.25, 0.3) is 11.3 Å². The molecule has 1 aromatic heterocycles. The molecule has 2 N–H and O–H groups in total. The highest BCUT2D eigenvalue weighted by atomic mass is 79.9. The summed E-state index contributed by atoms with van der Waals surface area (Å²) < 4.78 is 17.4. The molecule has 2 amide bonds. The van der Waals surface area contributed by atoms with Crippen LogP contribution >= 0.6 is 15.9 Å². The van der Waals surface area contributed by atoms with Gasteiger partial charge in [0.2, 0.25) is 5.89 Å². The van der Waals surface area contributed by atoms with Gasteiger partial charge in [-0.1, -0.05) is 30.3 Å². The molecule has 0 fully saturated rings. The number of anilines is 1. The molecule has 0 saturated heterocycles. The molecule has 0 unspecified atom stereocenters. The Balaban J connectivity index is 1.37. The molecule has 0 radical (unpaired) electrons. The van der Waals surface area contributed by atoms with Crippen molar-refractivity contribution in [2.75, 3.05) is 18.5 Å². The molecule has 2 aromatic carbocycles. The van der Waals surface area contributed by atoms with Crippen molar-refractivity contribution in [2.24, 2.45) is 0 Å². The van der Waals surface area contributed by atoms with E-state index in [2.05, 4.69) is 31.5 Å². The third-order valence-corrected chi connectivity index (χ3v) is 4.55. The van der Waals surface area contributed by atoms with Gasteiger partial charge in [-0.15, -0.1) is 0 Å². The van der Waals surface area contributed by atoms with E-state index in [9.17, 15) is 4.79 Å². The summed E-state index contributed by atoms with van der Waals surface area (Å²) in [4.78, 5) is 16.4. The lowest BCUT2D eigenvalue weighted by atomic mass is 10.2. The van der Waals surface area contributed by atoms with Gasteiger partial charge in [0.15, 0.2) is 17.3 Å². The smallest absolute Gasteiger partial charge is 0.319 e. The summed E-state index contributed by atoms with van der Waals surface area (Å²) in [5.74, 6) is 2.32. The van der Waals surface area contributed by atoms with Gasteiger partial charge in [-0.3, -0.25) is 0 Å². The van der Waals surface area contributed by atoms with Gasteiger partial charge in [-0.05, 0) is 15.9 Å². The van der Waals surface area contributed by atoms with Crippen molar-refractivity contribution in [3.05, 3.63) is 59.0 Å². The predicted octanol–water partition coefficient (Wildman–Crippen LogP) is 4.20. The zero-order valence-electron chi connectivity index (χ0n) is 14.2. The molecule has 0 aliphatic carbocycles. The van der Waals surface area contributed by atoms with Crippen molar-refractivity contribution >= 4 is 27.6 Å². The number of halogens is 1. The van der Waals surface area contributed by atoms with E-state index in [0.29, 0.717) is 46.5 Å².